The van der Waals surface area contributed by atoms with E-state index < -0.39 is 0 Å². The SMILES string of the molecule is Clc1cccc(Nc2ncnc3ccc(-c4cnc5[nH]ncc5c4)cc23)c1. The van der Waals surface area contributed by atoms with Crippen molar-refractivity contribution in [2.75, 3.05) is 5.32 Å². The van der Waals surface area contributed by atoms with Crippen molar-refractivity contribution in [3.8, 4) is 11.1 Å². The molecular weight excluding hydrogens is 360 g/mol. The van der Waals surface area contributed by atoms with Crippen LogP contribution in [0.15, 0.2) is 67.3 Å². The highest BCUT2D eigenvalue weighted by Crippen LogP contribution is 2.29. The summed E-state index contributed by atoms with van der Waals surface area (Å²) in [6, 6.07) is 15.7. The molecule has 0 amide bonds. The fourth-order valence-electron chi connectivity index (χ4n) is 3.03. The Hall–Kier alpha value is -3.51. The zero-order valence-corrected chi connectivity index (χ0v) is 14.8. The minimum atomic E-state index is 0.665. The van der Waals surface area contributed by atoms with E-state index in [0.717, 1.165) is 44.6 Å². The van der Waals surface area contributed by atoms with Gasteiger partial charge in [0.25, 0.3) is 0 Å². The number of pyridine rings is 1. The van der Waals surface area contributed by atoms with Gasteiger partial charge in [-0.25, -0.2) is 15.0 Å². The zero-order valence-electron chi connectivity index (χ0n) is 14.0. The Balaban J connectivity index is 1.61. The van der Waals surface area contributed by atoms with Crippen LogP contribution in [0.5, 0.6) is 0 Å². The lowest BCUT2D eigenvalue weighted by atomic mass is 10.0. The molecule has 0 aliphatic carbocycles. The lowest BCUT2D eigenvalue weighted by Gasteiger charge is -2.10. The zero-order chi connectivity index (χ0) is 18.2. The molecule has 6 nitrogen and oxygen atoms in total. The number of nitrogens with zero attached hydrogens (tertiary/aromatic N) is 4. The summed E-state index contributed by atoms with van der Waals surface area (Å²) in [6.07, 6.45) is 5.14. The fourth-order valence-corrected chi connectivity index (χ4v) is 3.22. The number of fused-ring (bicyclic) bond motifs is 2. The topological polar surface area (TPSA) is 79.4 Å². The first-order valence-corrected chi connectivity index (χ1v) is 8.71. The first kappa shape index (κ1) is 15.7. The van der Waals surface area contributed by atoms with Crippen molar-refractivity contribution in [3.05, 3.63) is 72.3 Å². The molecule has 0 unspecified atom stereocenters. The molecule has 130 valence electrons. The molecule has 7 heteroatoms. The maximum absolute atomic E-state index is 6.09. The van der Waals surface area contributed by atoms with Gasteiger partial charge < -0.3 is 5.32 Å². The molecule has 0 saturated carbocycles. The summed E-state index contributed by atoms with van der Waals surface area (Å²) < 4.78 is 0. The van der Waals surface area contributed by atoms with E-state index in [-0.39, 0.29) is 0 Å². The third kappa shape index (κ3) is 2.96. The van der Waals surface area contributed by atoms with Crippen LogP contribution in [0.2, 0.25) is 5.02 Å². The second kappa shape index (κ2) is 6.34. The second-order valence-corrected chi connectivity index (χ2v) is 6.56. The Bertz CT molecular complexity index is 1280. The number of hydrogen-bond donors (Lipinski definition) is 2. The molecule has 0 saturated heterocycles. The van der Waals surface area contributed by atoms with Crippen molar-refractivity contribution in [3.63, 3.8) is 0 Å². The van der Waals surface area contributed by atoms with E-state index in [2.05, 4.69) is 42.6 Å². The third-order valence-electron chi connectivity index (χ3n) is 4.35. The van der Waals surface area contributed by atoms with Crippen molar-refractivity contribution in [2.24, 2.45) is 0 Å². The Morgan fingerprint density at radius 1 is 0.889 bits per heavy atom. The largest absolute Gasteiger partial charge is 0.340 e. The number of benzene rings is 2. The first-order chi connectivity index (χ1) is 13.3. The van der Waals surface area contributed by atoms with Crippen molar-refractivity contribution in [1.29, 1.82) is 0 Å². The maximum Gasteiger partial charge on any atom is 0.155 e. The normalized spacial score (nSPS) is 11.1. The number of aromatic nitrogens is 5. The molecular formula is C20H13ClN6. The number of H-pyrrole nitrogens is 1. The predicted octanol–water partition coefficient (Wildman–Crippen LogP) is 4.97. The molecule has 0 bridgehead atoms. The summed E-state index contributed by atoms with van der Waals surface area (Å²) in [6.45, 7) is 0. The van der Waals surface area contributed by atoms with Gasteiger partial charge in [-0.05, 0) is 42.0 Å². The number of aromatic amines is 1. The summed E-state index contributed by atoms with van der Waals surface area (Å²) in [7, 11) is 0. The Labute approximate surface area is 159 Å². The number of nitrogens with one attached hydrogen (secondary N) is 2. The van der Waals surface area contributed by atoms with Gasteiger partial charge >= 0.3 is 0 Å². The Morgan fingerprint density at radius 2 is 1.85 bits per heavy atom. The van der Waals surface area contributed by atoms with E-state index in [1.165, 1.54) is 0 Å². The van der Waals surface area contributed by atoms with E-state index in [9.17, 15) is 0 Å². The van der Waals surface area contributed by atoms with Crippen molar-refractivity contribution in [2.45, 2.75) is 0 Å². The highest BCUT2D eigenvalue weighted by Gasteiger charge is 2.08. The molecule has 2 N–H and O–H groups in total. The quantitative estimate of drug-likeness (QED) is 0.467. The van der Waals surface area contributed by atoms with Gasteiger partial charge in [-0.3, -0.25) is 5.10 Å². The van der Waals surface area contributed by atoms with Gasteiger partial charge in [-0.15, -0.1) is 0 Å². The molecule has 27 heavy (non-hydrogen) atoms. The van der Waals surface area contributed by atoms with Crippen LogP contribution in [0, 0.1) is 0 Å². The van der Waals surface area contributed by atoms with Crippen LogP contribution in [-0.4, -0.2) is 25.1 Å². The van der Waals surface area contributed by atoms with Crippen molar-refractivity contribution >= 4 is 45.0 Å². The minimum absolute atomic E-state index is 0.665. The molecule has 0 atom stereocenters. The predicted molar refractivity (Wildman–Crippen MR) is 107 cm³/mol. The molecule has 3 heterocycles. The Kier molecular flexibility index (Phi) is 3.69. The average molecular weight is 373 g/mol. The van der Waals surface area contributed by atoms with Gasteiger partial charge in [0.2, 0.25) is 0 Å². The van der Waals surface area contributed by atoms with Crippen LogP contribution < -0.4 is 5.32 Å². The van der Waals surface area contributed by atoms with Crippen LogP contribution in [0.1, 0.15) is 0 Å². The molecule has 0 radical (unpaired) electrons. The summed E-state index contributed by atoms with van der Waals surface area (Å²) >= 11 is 6.09. The monoisotopic (exact) mass is 372 g/mol. The van der Waals surface area contributed by atoms with E-state index in [0.29, 0.717) is 5.02 Å². The first-order valence-electron chi connectivity index (χ1n) is 8.33. The molecule has 0 aliphatic rings. The van der Waals surface area contributed by atoms with Crippen molar-refractivity contribution < 1.29 is 0 Å². The van der Waals surface area contributed by atoms with Gasteiger partial charge in [0.05, 0.1) is 11.7 Å². The molecule has 5 aromatic rings. The van der Waals surface area contributed by atoms with Gasteiger partial charge in [-0.2, -0.15) is 5.10 Å². The van der Waals surface area contributed by atoms with Crippen molar-refractivity contribution in [1.82, 2.24) is 25.1 Å². The Morgan fingerprint density at radius 3 is 2.78 bits per heavy atom. The maximum atomic E-state index is 6.09. The second-order valence-electron chi connectivity index (χ2n) is 6.12. The minimum Gasteiger partial charge on any atom is -0.340 e. The molecule has 2 aromatic carbocycles. The molecule has 5 rings (SSSR count). The molecule has 0 spiro atoms. The van der Waals surface area contributed by atoms with Gasteiger partial charge in [0.1, 0.15) is 12.1 Å². The highest BCUT2D eigenvalue weighted by molar-refractivity contribution is 6.30. The third-order valence-corrected chi connectivity index (χ3v) is 4.58. The van der Waals surface area contributed by atoms with Crippen LogP contribution in [0.3, 0.4) is 0 Å². The van der Waals surface area contributed by atoms with Gasteiger partial charge in [-0.1, -0.05) is 23.7 Å². The number of halogens is 1. The highest BCUT2D eigenvalue weighted by atomic mass is 35.5. The van der Waals surface area contributed by atoms with E-state index in [1.54, 1.807) is 12.5 Å². The fraction of sp³-hybridized carbons (Fsp3) is 0. The molecule has 0 aliphatic heterocycles. The molecule has 3 aromatic heterocycles. The van der Waals surface area contributed by atoms with E-state index in [4.69, 9.17) is 11.6 Å². The lowest BCUT2D eigenvalue weighted by Crippen LogP contribution is -1.96. The summed E-state index contributed by atoms with van der Waals surface area (Å²) in [4.78, 5) is 13.2. The number of anilines is 2. The summed E-state index contributed by atoms with van der Waals surface area (Å²) in [5, 5.41) is 12.8. The standard InChI is InChI=1S/C20H13ClN6/c21-15-2-1-3-16(8-15)26-20-17-7-12(4-5-18(17)23-11-24-20)13-6-14-10-25-27-19(14)22-9-13/h1-11H,(H,22,25,27)(H,23,24,26). The van der Waals surface area contributed by atoms with Crippen LogP contribution in [0.4, 0.5) is 11.5 Å². The van der Waals surface area contributed by atoms with E-state index >= 15 is 0 Å². The smallest absolute Gasteiger partial charge is 0.155 e. The lowest BCUT2D eigenvalue weighted by molar-refractivity contribution is 1.10. The summed E-state index contributed by atoms with van der Waals surface area (Å²) in [5.74, 6) is 0.724. The van der Waals surface area contributed by atoms with Crippen LogP contribution in [-0.2, 0) is 0 Å². The number of rotatable bonds is 3. The van der Waals surface area contributed by atoms with Gasteiger partial charge in [0, 0.05) is 33.2 Å². The average Bonchev–Trinajstić information content (AvgIpc) is 3.16. The molecule has 0 fully saturated rings. The van der Waals surface area contributed by atoms with E-state index in [1.807, 2.05) is 42.6 Å². The van der Waals surface area contributed by atoms with Crippen LogP contribution >= 0.6 is 11.6 Å². The number of hydrogen-bond acceptors (Lipinski definition) is 5. The summed E-state index contributed by atoms with van der Waals surface area (Å²) in [5.41, 5.74) is 4.53. The van der Waals surface area contributed by atoms with Crippen LogP contribution in [0.25, 0.3) is 33.1 Å². The van der Waals surface area contributed by atoms with Gasteiger partial charge in [0.15, 0.2) is 5.65 Å².